The van der Waals surface area contributed by atoms with Crippen LogP contribution < -0.4 is 0 Å². The van der Waals surface area contributed by atoms with Crippen molar-refractivity contribution < 1.29 is 0 Å². The smallest absolute Gasteiger partial charge is 0.102 e. The Morgan fingerprint density at radius 1 is 0.652 bits per heavy atom. The van der Waals surface area contributed by atoms with Gasteiger partial charge < -0.3 is 0 Å². The van der Waals surface area contributed by atoms with Crippen LogP contribution in [0.1, 0.15) is 5.56 Å². The first-order chi connectivity index (χ1) is 11.3. The molecule has 0 saturated heterocycles. The van der Waals surface area contributed by atoms with Gasteiger partial charge >= 0.3 is 0 Å². The largest absolute Gasteiger partial charge is 0.264 e. The van der Waals surface area contributed by atoms with Gasteiger partial charge in [-0.2, -0.15) is 0 Å². The van der Waals surface area contributed by atoms with Gasteiger partial charge in [0.25, 0.3) is 0 Å². The Morgan fingerprint density at radius 3 is 1.91 bits per heavy atom. The Labute approximate surface area is 134 Å². The van der Waals surface area contributed by atoms with Gasteiger partial charge in [-0.15, -0.1) is 10.2 Å². The van der Waals surface area contributed by atoms with Crippen molar-refractivity contribution in [3.63, 3.8) is 0 Å². The van der Waals surface area contributed by atoms with Gasteiger partial charge in [-0.05, 0) is 19.1 Å². The molecule has 0 amide bonds. The van der Waals surface area contributed by atoms with Crippen LogP contribution in [0.5, 0.6) is 0 Å². The molecular weight excluding hydrogens is 282 g/mol. The molecule has 23 heavy (non-hydrogen) atoms. The molecule has 2 aromatic carbocycles. The summed E-state index contributed by atoms with van der Waals surface area (Å²) in [5.74, 6) is 0. The van der Waals surface area contributed by atoms with E-state index in [9.17, 15) is 0 Å². The fraction of sp³-hybridized carbons (Fsp3) is 0.0500. The third kappa shape index (κ3) is 2.46. The van der Waals surface area contributed by atoms with Crippen LogP contribution in [0.25, 0.3) is 33.3 Å². The van der Waals surface area contributed by atoms with Crippen molar-refractivity contribution in [1.82, 2.24) is 15.2 Å². The summed E-state index contributed by atoms with van der Waals surface area (Å²) in [6.07, 6.45) is 3.59. The molecule has 2 heterocycles. The quantitative estimate of drug-likeness (QED) is 0.540. The van der Waals surface area contributed by atoms with E-state index >= 15 is 0 Å². The number of aryl methyl sites for hydroxylation is 1. The van der Waals surface area contributed by atoms with Crippen LogP contribution in [0.4, 0.5) is 0 Å². The van der Waals surface area contributed by atoms with Gasteiger partial charge in [-0.25, -0.2) is 0 Å². The lowest BCUT2D eigenvalue weighted by atomic mass is 10.0. The van der Waals surface area contributed by atoms with Crippen molar-refractivity contribution in [3.05, 3.63) is 78.6 Å². The van der Waals surface area contributed by atoms with Crippen LogP contribution in [-0.4, -0.2) is 15.2 Å². The first-order valence-electron chi connectivity index (χ1n) is 7.56. The SMILES string of the molecule is Cc1ccc(-c2nnc(-c3cccnc3)c3ccccc23)cc1. The maximum Gasteiger partial charge on any atom is 0.102 e. The highest BCUT2D eigenvalue weighted by molar-refractivity contribution is 6.01. The molecule has 0 N–H and O–H groups in total. The molecule has 0 atom stereocenters. The Kier molecular flexibility index (Phi) is 3.31. The molecule has 0 spiro atoms. The second-order valence-electron chi connectivity index (χ2n) is 5.55. The predicted molar refractivity (Wildman–Crippen MR) is 92.9 cm³/mol. The molecule has 4 aromatic rings. The molecule has 0 aliphatic rings. The van der Waals surface area contributed by atoms with Crippen molar-refractivity contribution in [1.29, 1.82) is 0 Å². The van der Waals surface area contributed by atoms with Crippen LogP contribution >= 0.6 is 0 Å². The highest BCUT2D eigenvalue weighted by atomic mass is 15.1. The molecule has 0 fully saturated rings. The summed E-state index contributed by atoms with van der Waals surface area (Å²) >= 11 is 0. The van der Waals surface area contributed by atoms with Crippen molar-refractivity contribution in [2.45, 2.75) is 6.92 Å². The molecule has 3 heteroatoms. The van der Waals surface area contributed by atoms with Gasteiger partial charge in [0.1, 0.15) is 11.4 Å². The van der Waals surface area contributed by atoms with Crippen LogP contribution in [0.3, 0.4) is 0 Å². The van der Waals surface area contributed by atoms with Crippen LogP contribution in [0.15, 0.2) is 73.1 Å². The van der Waals surface area contributed by atoms with E-state index in [-0.39, 0.29) is 0 Å². The third-order valence-corrected chi connectivity index (χ3v) is 3.95. The fourth-order valence-corrected chi connectivity index (χ4v) is 2.74. The summed E-state index contributed by atoms with van der Waals surface area (Å²) in [5.41, 5.74) is 5.07. The van der Waals surface area contributed by atoms with Gasteiger partial charge in [-0.1, -0.05) is 54.1 Å². The number of hydrogen-bond acceptors (Lipinski definition) is 3. The molecule has 0 bridgehead atoms. The average molecular weight is 297 g/mol. The standard InChI is InChI=1S/C20H15N3/c1-14-8-10-15(11-9-14)19-17-6-2-3-7-18(17)20(23-22-19)16-5-4-12-21-13-16/h2-13H,1H3. The molecule has 0 aliphatic heterocycles. The van der Waals surface area contributed by atoms with E-state index in [4.69, 9.17) is 0 Å². The number of nitrogens with zero attached hydrogens (tertiary/aromatic N) is 3. The van der Waals surface area contributed by atoms with Crippen molar-refractivity contribution >= 4 is 10.8 Å². The number of pyridine rings is 1. The molecule has 3 nitrogen and oxygen atoms in total. The average Bonchev–Trinajstić information content (AvgIpc) is 2.62. The molecule has 110 valence electrons. The highest BCUT2D eigenvalue weighted by Gasteiger charge is 2.12. The molecule has 0 unspecified atom stereocenters. The van der Waals surface area contributed by atoms with Gasteiger partial charge in [0.05, 0.1) is 0 Å². The topological polar surface area (TPSA) is 38.7 Å². The summed E-state index contributed by atoms with van der Waals surface area (Å²) in [6.45, 7) is 2.08. The molecule has 2 aromatic heterocycles. The van der Waals surface area contributed by atoms with E-state index in [0.717, 1.165) is 33.3 Å². The Balaban J connectivity index is 1.97. The maximum atomic E-state index is 4.51. The van der Waals surface area contributed by atoms with E-state index in [1.54, 1.807) is 6.20 Å². The van der Waals surface area contributed by atoms with E-state index in [0.29, 0.717) is 0 Å². The lowest BCUT2D eigenvalue weighted by Gasteiger charge is -2.09. The molecule has 0 aliphatic carbocycles. The summed E-state index contributed by atoms with van der Waals surface area (Å²) in [5, 5.41) is 11.2. The lowest BCUT2D eigenvalue weighted by Crippen LogP contribution is -1.95. The van der Waals surface area contributed by atoms with Crippen molar-refractivity contribution in [2.24, 2.45) is 0 Å². The molecular formula is C20H15N3. The highest BCUT2D eigenvalue weighted by Crippen LogP contribution is 2.31. The van der Waals surface area contributed by atoms with Crippen molar-refractivity contribution in [3.8, 4) is 22.5 Å². The number of rotatable bonds is 2. The van der Waals surface area contributed by atoms with E-state index < -0.39 is 0 Å². The molecule has 0 radical (unpaired) electrons. The minimum Gasteiger partial charge on any atom is -0.264 e. The van der Waals surface area contributed by atoms with Gasteiger partial charge in [-0.3, -0.25) is 4.98 Å². The van der Waals surface area contributed by atoms with Crippen LogP contribution in [0, 0.1) is 6.92 Å². The molecule has 0 saturated carbocycles. The van der Waals surface area contributed by atoms with Gasteiger partial charge in [0.15, 0.2) is 0 Å². The van der Waals surface area contributed by atoms with Crippen LogP contribution in [-0.2, 0) is 0 Å². The van der Waals surface area contributed by atoms with E-state index in [2.05, 4.69) is 58.5 Å². The van der Waals surface area contributed by atoms with Crippen molar-refractivity contribution in [2.75, 3.05) is 0 Å². The summed E-state index contributed by atoms with van der Waals surface area (Å²) in [6, 6.07) is 20.6. The van der Waals surface area contributed by atoms with E-state index in [1.807, 2.05) is 30.5 Å². The first-order valence-corrected chi connectivity index (χ1v) is 7.56. The lowest BCUT2D eigenvalue weighted by molar-refractivity contribution is 1.06. The minimum atomic E-state index is 0.865. The summed E-state index contributed by atoms with van der Waals surface area (Å²) < 4.78 is 0. The molecule has 4 rings (SSSR count). The number of fused-ring (bicyclic) bond motifs is 1. The monoisotopic (exact) mass is 297 g/mol. The predicted octanol–water partition coefficient (Wildman–Crippen LogP) is 4.67. The number of aromatic nitrogens is 3. The normalized spacial score (nSPS) is 10.8. The van der Waals surface area contributed by atoms with E-state index in [1.165, 1.54) is 5.56 Å². The number of hydrogen-bond donors (Lipinski definition) is 0. The number of benzene rings is 2. The fourth-order valence-electron chi connectivity index (χ4n) is 2.74. The third-order valence-electron chi connectivity index (χ3n) is 3.95. The zero-order valence-corrected chi connectivity index (χ0v) is 12.8. The Hall–Kier alpha value is -3.07. The zero-order chi connectivity index (χ0) is 15.6. The zero-order valence-electron chi connectivity index (χ0n) is 12.8. The van der Waals surface area contributed by atoms with Gasteiger partial charge in [0, 0.05) is 34.3 Å². The van der Waals surface area contributed by atoms with Gasteiger partial charge in [0.2, 0.25) is 0 Å². The Morgan fingerprint density at radius 2 is 1.30 bits per heavy atom. The summed E-state index contributed by atoms with van der Waals surface area (Å²) in [7, 11) is 0. The minimum absolute atomic E-state index is 0.865. The van der Waals surface area contributed by atoms with Crippen LogP contribution in [0.2, 0.25) is 0 Å². The maximum absolute atomic E-state index is 4.51. The summed E-state index contributed by atoms with van der Waals surface area (Å²) in [4.78, 5) is 4.19. The Bertz CT molecular complexity index is 961. The second-order valence-corrected chi connectivity index (χ2v) is 5.55. The first kappa shape index (κ1) is 13.6. The second kappa shape index (κ2) is 5.61.